The van der Waals surface area contributed by atoms with Gasteiger partial charge in [0.25, 0.3) is 0 Å². The molecule has 0 amide bonds. The summed E-state index contributed by atoms with van der Waals surface area (Å²) in [6.07, 6.45) is 0. The summed E-state index contributed by atoms with van der Waals surface area (Å²) in [5, 5.41) is 18.0. The van der Waals surface area contributed by atoms with Crippen molar-refractivity contribution in [3.63, 3.8) is 0 Å². The summed E-state index contributed by atoms with van der Waals surface area (Å²) >= 11 is 0. The SMILES string of the molecule is c1ccc(-c2ccc3ccc4c(-c5ccccc5-c5ccc6c(ccc7ccccc76)c5)ccc5ccc2c3c54)c(-c2ccc3c(ccc4ccccc43)c2)c1. The van der Waals surface area contributed by atoms with E-state index in [2.05, 4.69) is 206 Å². The van der Waals surface area contributed by atoms with Crippen LogP contribution in [0, 0.1) is 0 Å². The lowest BCUT2D eigenvalue weighted by Crippen LogP contribution is -1.92. The molecule has 0 radical (unpaired) electrons. The first-order chi connectivity index (χ1) is 27.8. The number of fused-ring (bicyclic) bond motifs is 6. The molecule has 258 valence electrons. The number of hydrogen-bond acceptors (Lipinski definition) is 0. The highest BCUT2D eigenvalue weighted by atomic mass is 14.2. The third kappa shape index (κ3) is 4.66. The van der Waals surface area contributed by atoms with E-state index in [9.17, 15) is 0 Å². The van der Waals surface area contributed by atoms with Crippen molar-refractivity contribution in [3.05, 3.63) is 206 Å². The van der Waals surface area contributed by atoms with Gasteiger partial charge in [-0.15, -0.1) is 0 Å². The molecule has 0 aromatic heterocycles. The van der Waals surface area contributed by atoms with Crippen LogP contribution in [0.15, 0.2) is 206 Å². The van der Waals surface area contributed by atoms with Gasteiger partial charge in [0.1, 0.15) is 0 Å². The fourth-order valence-electron chi connectivity index (χ4n) is 9.57. The summed E-state index contributed by atoms with van der Waals surface area (Å²) in [5.41, 5.74) is 9.97. The highest BCUT2D eigenvalue weighted by Gasteiger charge is 2.18. The third-order valence-electron chi connectivity index (χ3n) is 12.2. The van der Waals surface area contributed by atoms with Crippen molar-refractivity contribution in [1.29, 1.82) is 0 Å². The summed E-state index contributed by atoms with van der Waals surface area (Å²) in [7, 11) is 0. The maximum atomic E-state index is 2.36. The fourth-order valence-corrected chi connectivity index (χ4v) is 9.57. The largest absolute Gasteiger partial charge is 0.0616 e. The zero-order valence-corrected chi connectivity index (χ0v) is 30.6. The molecule has 12 aromatic carbocycles. The van der Waals surface area contributed by atoms with Crippen molar-refractivity contribution in [1.82, 2.24) is 0 Å². The summed E-state index contributed by atoms with van der Waals surface area (Å²) in [6, 6.07) is 76.7. The average Bonchev–Trinajstić information content (AvgIpc) is 3.27. The molecule has 0 atom stereocenters. The highest BCUT2D eigenvalue weighted by Crippen LogP contribution is 2.46. The van der Waals surface area contributed by atoms with Gasteiger partial charge in [0.2, 0.25) is 0 Å². The summed E-state index contributed by atoms with van der Waals surface area (Å²) in [5.74, 6) is 0. The van der Waals surface area contributed by atoms with E-state index < -0.39 is 0 Å². The molecule has 0 fully saturated rings. The summed E-state index contributed by atoms with van der Waals surface area (Å²) in [6.45, 7) is 0. The Morgan fingerprint density at radius 3 is 1.00 bits per heavy atom. The van der Waals surface area contributed by atoms with Gasteiger partial charge in [0.15, 0.2) is 0 Å². The first-order valence-corrected chi connectivity index (χ1v) is 19.5. The molecule has 0 heterocycles. The minimum Gasteiger partial charge on any atom is -0.0616 e. The van der Waals surface area contributed by atoms with Crippen LogP contribution < -0.4 is 0 Å². The van der Waals surface area contributed by atoms with E-state index in [1.165, 1.54) is 120 Å². The zero-order chi connectivity index (χ0) is 36.7. The van der Waals surface area contributed by atoms with Crippen molar-refractivity contribution in [2.24, 2.45) is 0 Å². The molecule has 0 bridgehead atoms. The van der Waals surface area contributed by atoms with Crippen LogP contribution in [0.5, 0.6) is 0 Å². The van der Waals surface area contributed by atoms with Gasteiger partial charge in [0, 0.05) is 0 Å². The van der Waals surface area contributed by atoms with Crippen molar-refractivity contribution >= 4 is 75.4 Å². The molecule has 0 unspecified atom stereocenters. The maximum absolute atomic E-state index is 2.36. The molecule has 0 aliphatic rings. The fraction of sp³-hybridized carbons (Fsp3) is 0. The van der Waals surface area contributed by atoms with E-state index >= 15 is 0 Å². The Labute approximate surface area is 324 Å². The van der Waals surface area contributed by atoms with Crippen LogP contribution in [0.25, 0.3) is 120 Å². The lowest BCUT2D eigenvalue weighted by Gasteiger charge is -2.19. The molecule has 0 aliphatic heterocycles. The molecular weight excluding hydrogens is 673 g/mol. The van der Waals surface area contributed by atoms with Crippen LogP contribution in [0.2, 0.25) is 0 Å². The molecule has 0 aliphatic carbocycles. The van der Waals surface area contributed by atoms with Gasteiger partial charge in [-0.05, 0) is 132 Å². The van der Waals surface area contributed by atoms with Gasteiger partial charge >= 0.3 is 0 Å². The second-order valence-electron chi connectivity index (χ2n) is 15.2. The molecule has 0 N–H and O–H groups in total. The smallest absolute Gasteiger partial charge is 0.00203 e. The number of rotatable bonds is 4. The predicted octanol–water partition coefficient (Wildman–Crippen LogP) is 15.9. The van der Waals surface area contributed by atoms with Gasteiger partial charge in [-0.25, -0.2) is 0 Å². The Balaban J connectivity index is 1.03. The van der Waals surface area contributed by atoms with Gasteiger partial charge < -0.3 is 0 Å². The lowest BCUT2D eigenvalue weighted by atomic mass is 9.84. The van der Waals surface area contributed by atoms with E-state index in [0.29, 0.717) is 0 Å². The first kappa shape index (κ1) is 31.1. The number of benzene rings is 12. The summed E-state index contributed by atoms with van der Waals surface area (Å²) in [4.78, 5) is 0. The Morgan fingerprint density at radius 2 is 0.518 bits per heavy atom. The Morgan fingerprint density at radius 1 is 0.179 bits per heavy atom. The quantitative estimate of drug-likeness (QED) is 0.160. The average molecular weight is 707 g/mol. The van der Waals surface area contributed by atoms with E-state index in [0.717, 1.165) is 0 Å². The molecule has 0 saturated carbocycles. The second kappa shape index (κ2) is 12.1. The van der Waals surface area contributed by atoms with Crippen LogP contribution in [-0.2, 0) is 0 Å². The van der Waals surface area contributed by atoms with E-state index in [1.54, 1.807) is 0 Å². The maximum Gasteiger partial charge on any atom is -0.00203 e. The van der Waals surface area contributed by atoms with Crippen LogP contribution in [0.3, 0.4) is 0 Å². The van der Waals surface area contributed by atoms with E-state index in [-0.39, 0.29) is 0 Å². The Bertz CT molecular complexity index is 3290. The number of hydrogen-bond donors (Lipinski definition) is 0. The van der Waals surface area contributed by atoms with Crippen molar-refractivity contribution in [3.8, 4) is 44.5 Å². The van der Waals surface area contributed by atoms with Crippen molar-refractivity contribution in [2.45, 2.75) is 0 Å². The topological polar surface area (TPSA) is 0 Å². The molecular formula is C56H34. The van der Waals surface area contributed by atoms with Crippen molar-refractivity contribution < 1.29 is 0 Å². The predicted molar refractivity (Wildman–Crippen MR) is 242 cm³/mol. The van der Waals surface area contributed by atoms with E-state index in [1.807, 2.05) is 0 Å². The Hall–Kier alpha value is -7.28. The molecule has 0 spiro atoms. The van der Waals surface area contributed by atoms with Gasteiger partial charge in [0.05, 0.1) is 0 Å². The molecule has 56 heavy (non-hydrogen) atoms. The Kier molecular flexibility index (Phi) is 6.73. The van der Waals surface area contributed by atoms with Crippen LogP contribution in [-0.4, -0.2) is 0 Å². The standard InChI is InChI=1S/C56H34/c1-3-11-43-35(9-1)17-19-39-33-41(25-27-47(39)43)45-13-5-7-15-49(45)51-29-21-37-24-32-54-52(30-22-38-23-31-53(51)55(37)56(38)54)50-16-8-6-14-46(50)42-26-28-48-40(34-42)20-18-36-10-2-4-12-44(36)48/h1-34H. The van der Waals surface area contributed by atoms with Crippen LogP contribution in [0.4, 0.5) is 0 Å². The van der Waals surface area contributed by atoms with Gasteiger partial charge in [-0.1, -0.05) is 194 Å². The first-order valence-electron chi connectivity index (χ1n) is 19.5. The normalized spacial score (nSPS) is 11.9. The molecule has 0 heteroatoms. The van der Waals surface area contributed by atoms with E-state index in [4.69, 9.17) is 0 Å². The summed E-state index contributed by atoms with van der Waals surface area (Å²) < 4.78 is 0. The van der Waals surface area contributed by atoms with Gasteiger partial charge in [-0.2, -0.15) is 0 Å². The van der Waals surface area contributed by atoms with Crippen LogP contribution >= 0.6 is 0 Å². The minimum absolute atomic E-state index is 1.23. The minimum atomic E-state index is 1.23. The zero-order valence-electron chi connectivity index (χ0n) is 30.6. The molecule has 0 nitrogen and oxygen atoms in total. The third-order valence-corrected chi connectivity index (χ3v) is 12.2. The highest BCUT2D eigenvalue weighted by molar-refractivity contribution is 6.28. The molecule has 12 rings (SSSR count). The lowest BCUT2D eigenvalue weighted by molar-refractivity contribution is 1.62. The monoisotopic (exact) mass is 706 g/mol. The van der Waals surface area contributed by atoms with Crippen LogP contribution in [0.1, 0.15) is 0 Å². The molecule has 0 saturated heterocycles. The van der Waals surface area contributed by atoms with Gasteiger partial charge in [-0.3, -0.25) is 0 Å². The molecule has 12 aromatic rings. The second-order valence-corrected chi connectivity index (χ2v) is 15.2. The van der Waals surface area contributed by atoms with Crippen molar-refractivity contribution in [2.75, 3.05) is 0 Å².